The second-order valence-electron chi connectivity index (χ2n) is 5.75. The number of hydrogen-bond acceptors (Lipinski definition) is 8. The van der Waals surface area contributed by atoms with E-state index >= 15 is 0 Å². The molecule has 0 bridgehead atoms. The van der Waals surface area contributed by atoms with Crippen molar-refractivity contribution in [3.05, 3.63) is 0 Å². The minimum atomic E-state index is -0.362. The van der Waals surface area contributed by atoms with Gasteiger partial charge in [0.05, 0.1) is 23.7 Å². The molecule has 0 fully saturated rings. The van der Waals surface area contributed by atoms with Crippen LogP contribution in [0.15, 0.2) is 0 Å². The Balaban J connectivity index is 3.79. The van der Waals surface area contributed by atoms with Crippen molar-refractivity contribution in [3.63, 3.8) is 0 Å². The fraction of sp³-hybridized carbons (Fsp3) is 0.778. The van der Waals surface area contributed by atoms with Gasteiger partial charge in [-0.3, -0.25) is 9.59 Å². The Hall–Kier alpha value is -0.700. The maximum Gasteiger partial charge on any atom is 0.158 e. The topological polar surface area (TPSA) is 86.7 Å². The summed E-state index contributed by atoms with van der Waals surface area (Å²) in [4.78, 5) is 44.8. The zero-order chi connectivity index (χ0) is 19.6. The Morgan fingerprint density at radius 3 is 1.96 bits per heavy atom. The maximum atomic E-state index is 11.7. The van der Waals surface area contributed by atoms with Crippen LogP contribution in [0.5, 0.6) is 0 Å². The Morgan fingerprint density at radius 2 is 1.46 bits per heavy atom. The monoisotopic (exact) mass is 406 g/mol. The van der Waals surface area contributed by atoms with Crippen LogP contribution in [0.1, 0.15) is 39.5 Å². The van der Waals surface area contributed by atoms with Crippen LogP contribution in [0.3, 0.4) is 0 Å². The highest BCUT2D eigenvalue weighted by Crippen LogP contribution is 2.24. The molecule has 0 aliphatic carbocycles. The standard InChI is InChI=1S/C18H30O6S2/c1-3-4-9-25-17(11-19)18(12-20)26-10-5-6-16(22)14-24-8-7-23-13-15(2)21/h11-12,17-18H,3-10,13-14H2,1-2H3. The van der Waals surface area contributed by atoms with Crippen molar-refractivity contribution in [3.8, 4) is 0 Å². The lowest BCUT2D eigenvalue weighted by molar-refractivity contribution is -0.126. The quantitative estimate of drug-likeness (QED) is 0.239. The molecule has 0 aliphatic rings. The van der Waals surface area contributed by atoms with Gasteiger partial charge in [0.2, 0.25) is 0 Å². The van der Waals surface area contributed by atoms with Crippen molar-refractivity contribution in [1.82, 2.24) is 0 Å². The molecule has 0 aromatic heterocycles. The Labute approximate surface area is 164 Å². The van der Waals surface area contributed by atoms with E-state index in [1.165, 1.54) is 30.4 Å². The van der Waals surface area contributed by atoms with Crippen molar-refractivity contribution in [2.24, 2.45) is 0 Å². The summed E-state index contributed by atoms with van der Waals surface area (Å²) in [6, 6.07) is 0. The molecule has 0 N–H and O–H groups in total. The van der Waals surface area contributed by atoms with Crippen LogP contribution < -0.4 is 0 Å². The lowest BCUT2D eigenvalue weighted by Gasteiger charge is -2.16. The van der Waals surface area contributed by atoms with Gasteiger partial charge in [0.1, 0.15) is 25.8 Å². The van der Waals surface area contributed by atoms with Gasteiger partial charge in [-0.25, -0.2) is 0 Å². The van der Waals surface area contributed by atoms with Crippen LogP contribution in [0, 0.1) is 0 Å². The zero-order valence-electron chi connectivity index (χ0n) is 15.6. The molecule has 6 nitrogen and oxygen atoms in total. The first-order valence-corrected chi connectivity index (χ1v) is 10.9. The summed E-state index contributed by atoms with van der Waals surface area (Å²) in [5, 5.41) is -0.683. The third kappa shape index (κ3) is 14.5. The number of Topliss-reactive ketones (excluding diaryl/α,β-unsaturated/α-hetero) is 2. The lowest BCUT2D eigenvalue weighted by Crippen LogP contribution is -2.24. The molecule has 2 atom stereocenters. The molecule has 0 saturated carbocycles. The van der Waals surface area contributed by atoms with Crippen molar-refractivity contribution in [2.75, 3.05) is 37.9 Å². The highest BCUT2D eigenvalue weighted by Gasteiger charge is 2.21. The number of hydrogen-bond donors (Lipinski definition) is 0. The van der Waals surface area contributed by atoms with Crippen LogP contribution in [0.2, 0.25) is 0 Å². The second kappa shape index (κ2) is 17.7. The van der Waals surface area contributed by atoms with Gasteiger partial charge >= 0.3 is 0 Å². The predicted octanol–water partition coefficient (Wildman–Crippen LogP) is 2.36. The molecule has 0 aromatic rings. The van der Waals surface area contributed by atoms with Gasteiger partial charge in [0, 0.05) is 6.42 Å². The molecule has 0 rings (SSSR count). The number of thioether (sulfide) groups is 2. The van der Waals surface area contributed by atoms with Gasteiger partial charge in [-0.15, -0.1) is 23.5 Å². The summed E-state index contributed by atoms with van der Waals surface area (Å²) in [7, 11) is 0. The number of aldehydes is 2. The maximum absolute atomic E-state index is 11.7. The van der Waals surface area contributed by atoms with Gasteiger partial charge in [0.15, 0.2) is 11.6 Å². The fourth-order valence-corrected chi connectivity index (χ4v) is 4.31. The van der Waals surface area contributed by atoms with E-state index in [0.29, 0.717) is 18.6 Å². The van der Waals surface area contributed by atoms with E-state index in [9.17, 15) is 19.2 Å². The third-order valence-electron chi connectivity index (χ3n) is 3.25. The largest absolute Gasteiger partial charge is 0.371 e. The average molecular weight is 407 g/mol. The normalized spacial score (nSPS) is 13.2. The van der Waals surface area contributed by atoms with Crippen LogP contribution in [-0.2, 0) is 28.7 Å². The van der Waals surface area contributed by atoms with Gasteiger partial charge in [-0.2, -0.15) is 0 Å². The van der Waals surface area contributed by atoms with E-state index in [4.69, 9.17) is 9.47 Å². The van der Waals surface area contributed by atoms with E-state index in [1.807, 2.05) is 0 Å². The number of carbonyl (C=O) groups is 4. The Bertz CT molecular complexity index is 416. The second-order valence-corrected chi connectivity index (χ2v) is 8.32. The summed E-state index contributed by atoms with van der Waals surface area (Å²) in [5.41, 5.74) is 0. The molecular weight excluding hydrogens is 376 g/mol. The number of ether oxygens (including phenoxy) is 2. The smallest absolute Gasteiger partial charge is 0.158 e. The molecule has 150 valence electrons. The molecular formula is C18H30O6S2. The number of rotatable bonds is 19. The van der Waals surface area contributed by atoms with Crippen molar-refractivity contribution in [2.45, 2.75) is 50.0 Å². The highest BCUT2D eigenvalue weighted by molar-refractivity contribution is 8.04. The van der Waals surface area contributed by atoms with E-state index in [-0.39, 0.29) is 48.5 Å². The molecule has 0 aromatic carbocycles. The summed E-state index contributed by atoms with van der Waals surface area (Å²) in [5.74, 6) is 1.46. The van der Waals surface area contributed by atoms with Crippen molar-refractivity contribution >= 4 is 47.7 Å². The Kier molecular flexibility index (Phi) is 17.2. The first-order valence-electron chi connectivity index (χ1n) is 8.85. The lowest BCUT2D eigenvalue weighted by atomic mass is 10.2. The number of unbranched alkanes of at least 4 members (excludes halogenated alkanes) is 1. The number of ketones is 2. The highest BCUT2D eigenvalue weighted by atomic mass is 32.2. The van der Waals surface area contributed by atoms with Crippen LogP contribution in [-0.4, -0.2) is 72.6 Å². The zero-order valence-corrected chi connectivity index (χ0v) is 17.3. The molecule has 0 amide bonds. The predicted molar refractivity (Wildman–Crippen MR) is 106 cm³/mol. The first kappa shape index (κ1) is 25.3. The van der Waals surface area contributed by atoms with Gasteiger partial charge < -0.3 is 19.1 Å². The minimum absolute atomic E-state index is 0.0101. The van der Waals surface area contributed by atoms with Gasteiger partial charge in [0.25, 0.3) is 0 Å². The fourth-order valence-electron chi connectivity index (χ4n) is 1.87. The SMILES string of the molecule is CCCCSC(C=O)C(C=O)SCCCC(=O)COCCOCC(C)=O. The van der Waals surface area contributed by atoms with E-state index < -0.39 is 0 Å². The molecule has 2 unspecified atom stereocenters. The average Bonchev–Trinajstić information content (AvgIpc) is 2.62. The molecule has 8 heteroatoms. The summed E-state index contributed by atoms with van der Waals surface area (Å²) in [6.45, 7) is 4.17. The molecule has 0 heterocycles. The minimum Gasteiger partial charge on any atom is -0.371 e. The van der Waals surface area contributed by atoms with Gasteiger partial charge in [-0.1, -0.05) is 13.3 Å². The van der Waals surface area contributed by atoms with E-state index in [0.717, 1.165) is 31.2 Å². The summed E-state index contributed by atoms with van der Waals surface area (Å²) < 4.78 is 10.2. The summed E-state index contributed by atoms with van der Waals surface area (Å²) >= 11 is 2.95. The van der Waals surface area contributed by atoms with Crippen LogP contribution in [0.25, 0.3) is 0 Å². The van der Waals surface area contributed by atoms with E-state index in [1.54, 1.807) is 0 Å². The molecule has 0 aliphatic heterocycles. The molecule has 0 radical (unpaired) electrons. The molecule has 0 saturated heterocycles. The van der Waals surface area contributed by atoms with Gasteiger partial charge in [-0.05, 0) is 31.3 Å². The van der Waals surface area contributed by atoms with E-state index in [2.05, 4.69) is 6.92 Å². The number of carbonyl (C=O) groups excluding carboxylic acids is 4. The molecule has 0 spiro atoms. The summed E-state index contributed by atoms with van der Waals surface area (Å²) in [6.07, 6.45) is 4.78. The first-order chi connectivity index (χ1) is 12.5. The molecule has 26 heavy (non-hydrogen) atoms. The Morgan fingerprint density at radius 1 is 0.923 bits per heavy atom. The van der Waals surface area contributed by atoms with Crippen LogP contribution >= 0.6 is 23.5 Å². The third-order valence-corrected chi connectivity index (χ3v) is 6.05. The van der Waals surface area contributed by atoms with Crippen LogP contribution in [0.4, 0.5) is 0 Å². The van der Waals surface area contributed by atoms with Crippen molar-refractivity contribution < 1.29 is 28.7 Å². The van der Waals surface area contributed by atoms with Crippen molar-refractivity contribution in [1.29, 1.82) is 0 Å².